The molecule has 3 heteroatoms. The van der Waals surface area contributed by atoms with Gasteiger partial charge in [-0.05, 0) is 39.3 Å². The van der Waals surface area contributed by atoms with Crippen LogP contribution in [0.2, 0.25) is 0 Å². The van der Waals surface area contributed by atoms with Gasteiger partial charge in [0.1, 0.15) is 0 Å². The first kappa shape index (κ1) is 11.6. The fourth-order valence-corrected chi connectivity index (χ4v) is 0.818. The lowest BCUT2D eigenvalue weighted by atomic mass is 10.1. The Morgan fingerprint density at radius 2 is 1.69 bits per heavy atom. The van der Waals surface area contributed by atoms with Crippen molar-refractivity contribution in [1.29, 1.82) is 5.41 Å². The van der Waals surface area contributed by atoms with Gasteiger partial charge in [-0.3, -0.25) is 4.79 Å². The van der Waals surface area contributed by atoms with Crippen LogP contribution >= 0.6 is 0 Å². The number of nitrogens with one attached hydrogen (secondary N) is 1. The van der Waals surface area contributed by atoms with Crippen molar-refractivity contribution in [1.82, 2.24) is 0 Å². The number of rotatable bonds is 3. The number of allylic oxidation sites excluding steroid dienone is 4. The topological polar surface area (TPSA) is 66.9 Å². The van der Waals surface area contributed by atoms with Gasteiger partial charge >= 0.3 is 0 Å². The average Bonchev–Trinajstić information content (AvgIpc) is 1.97. The maximum Gasteiger partial charge on any atom is 0.161 e. The minimum absolute atomic E-state index is 0.0689. The van der Waals surface area contributed by atoms with Crippen LogP contribution in [-0.4, -0.2) is 11.5 Å². The van der Waals surface area contributed by atoms with Crippen molar-refractivity contribution in [2.75, 3.05) is 0 Å². The molecule has 0 aromatic heterocycles. The van der Waals surface area contributed by atoms with Gasteiger partial charge in [0.25, 0.3) is 0 Å². The van der Waals surface area contributed by atoms with Gasteiger partial charge in [0.15, 0.2) is 5.78 Å². The Kier molecular flexibility index (Phi) is 4.11. The molecule has 0 rings (SSSR count). The van der Waals surface area contributed by atoms with Gasteiger partial charge in [-0.1, -0.05) is 0 Å². The second-order valence-electron chi connectivity index (χ2n) is 3.11. The molecule has 0 saturated carbocycles. The third-order valence-electron chi connectivity index (χ3n) is 1.76. The fraction of sp³-hybridized carbons (Fsp3) is 0.400. The van der Waals surface area contributed by atoms with E-state index in [0.29, 0.717) is 17.0 Å². The van der Waals surface area contributed by atoms with Gasteiger partial charge in [0.2, 0.25) is 0 Å². The summed E-state index contributed by atoms with van der Waals surface area (Å²) in [6, 6.07) is 0. The number of hydrogen-bond donors (Lipinski definition) is 2. The van der Waals surface area contributed by atoms with E-state index in [1.54, 1.807) is 26.8 Å². The predicted molar refractivity (Wildman–Crippen MR) is 54.7 cm³/mol. The van der Waals surface area contributed by atoms with Crippen LogP contribution in [0.15, 0.2) is 22.9 Å². The zero-order chi connectivity index (χ0) is 10.6. The molecule has 3 nitrogen and oxygen atoms in total. The molecule has 0 atom stereocenters. The van der Waals surface area contributed by atoms with E-state index >= 15 is 0 Å². The highest BCUT2D eigenvalue weighted by Gasteiger charge is 2.04. The molecule has 13 heavy (non-hydrogen) atoms. The molecule has 0 heterocycles. The molecule has 0 spiro atoms. The summed E-state index contributed by atoms with van der Waals surface area (Å²) in [5.74, 6) is -0.0689. The van der Waals surface area contributed by atoms with Crippen LogP contribution in [0.5, 0.6) is 0 Å². The SMILES string of the molecule is CC(=N)/C(C)=C\C(C(C)=O)=C(/C)N. The number of hydrogen-bond acceptors (Lipinski definition) is 3. The van der Waals surface area contributed by atoms with Crippen LogP contribution in [0.25, 0.3) is 0 Å². The number of carbonyl (C=O) groups excluding carboxylic acids is 1. The lowest BCUT2D eigenvalue weighted by Crippen LogP contribution is -2.05. The lowest BCUT2D eigenvalue weighted by Gasteiger charge is -2.02. The van der Waals surface area contributed by atoms with Crippen LogP contribution in [0.4, 0.5) is 0 Å². The monoisotopic (exact) mass is 180 g/mol. The molecule has 0 aromatic rings. The van der Waals surface area contributed by atoms with Gasteiger partial charge in [-0.15, -0.1) is 0 Å². The molecule has 0 amide bonds. The Hall–Kier alpha value is -1.38. The Balaban J connectivity index is 5.06. The normalized spacial score (nSPS) is 13.7. The Morgan fingerprint density at radius 3 is 1.92 bits per heavy atom. The van der Waals surface area contributed by atoms with E-state index < -0.39 is 0 Å². The Labute approximate surface area is 78.8 Å². The first-order valence-corrected chi connectivity index (χ1v) is 4.07. The highest BCUT2D eigenvalue weighted by Crippen LogP contribution is 2.07. The predicted octanol–water partition coefficient (Wildman–Crippen LogP) is 1.79. The maximum absolute atomic E-state index is 11.1. The van der Waals surface area contributed by atoms with Crippen molar-refractivity contribution in [3.63, 3.8) is 0 Å². The second kappa shape index (κ2) is 4.60. The van der Waals surface area contributed by atoms with Crippen molar-refractivity contribution >= 4 is 11.5 Å². The summed E-state index contributed by atoms with van der Waals surface area (Å²) in [6.07, 6.45) is 1.65. The summed E-state index contributed by atoms with van der Waals surface area (Å²) in [5.41, 5.74) is 7.72. The number of nitrogens with two attached hydrogens (primary N) is 1. The average molecular weight is 180 g/mol. The smallest absolute Gasteiger partial charge is 0.161 e. The van der Waals surface area contributed by atoms with Crippen molar-refractivity contribution in [2.45, 2.75) is 27.7 Å². The summed E-state index contributed by atoms with van der Waals surface area (Å²) >= 11 is 0. The van der Waals surface area contributed by atoms with Crippen LogP contribution < -0.4 is 5.73 Å². The molecule has 3 N–H and O–H groups in total. The van der Waals surface area contributed by atoms with Gasteiger partial charge < -0.3 is 11.1 Å². The highest BCUT2D eigenvalue weighted by molar-refractivity contribution is 6.01. The molecule has 0 aliphatic carbocycles. The molecule has 0 saturated heterocycles. The van der Waals surface area contributed by atoms with E-state index in [0.717, 1.165) is 5.57 Å². The van der Waals surface area contributed by atoms with E-state index in [1.165, 1.54) is 6.92 Å². The van der Waals surface area contributed by atoms with Crippen molar-refractivity contribution in [3.8, 4) is 0 Å². The van der Waals surface area contributed by atoms with Crippen molar-refractivity contribution < 1.29 is 4.79 Å². The second-order valence-corrected chi connectivity index (χ2v) is 3.11. The fourth-order valence-electron chi connectivity index (χ4n) is 0.818. The van der Waals surface area contributed by atoms with Crippen LogP contribution in [0, 0.1) is 5.41 Å². The lowest BCUT2D eigenvalue weighted by molar-refractivity contribution is -0.113. The van der Waals surface area contributed by atoms with Gasteiger partial charge in [0, 0.05) is 17.0 Å². The molecule has 0 radical (unpaired) electrons. The highest BCUT2D eigenvalue weighted by atomic mass is 16.1. The minimum atomic E-state index is -0.0689. The molecular formula is C10H16N2O. The van der Waals surface area contributed by atoms with Gasteiger partial charge in [-0.2, -0.15) is 0 Å². The maximum atomic E-state index is 11.1. The molecule has 0 fully saturated rings. The van der Waals surface area contributed by atoms with Gasteiger partial charge in [-0.25, -0.2) is 0 Å². The summed E-state index contributed by atoms with van der Waals surface area (Å²) in [4.78, 5) is 11.1. The van der Waals surface area contributed by atoms with E-state index in [4.69, 9.17) is 11.1 Å². The summed E-state index contributed by atoms with van der Waals surface area (Å²) in [6.45, 7) is 6.61. The van der Waals surface area contributed by atoms with E-state index in [-0.39, 0.29) is 5.78 Å². The minimum Gasteiger partial charge on any atom is -0.402 e. The van der Waals surface area contributed by atoms with Crippen LogP contribution in [0.1, 0.15) is 27.7 Å². The molecule has 0 unspecified atom stereocenters. The molecule has 0 aliphatic rings. The molecule has 0 aliphatic heterocycles. The van der Waals surface area contributed by atoms with Crippen LogP contribution in [-0.2, 0) is 4.79 Å². The zero-order valence-electron chi connectivity index (χ0n) is 8.56. The third-order valence-corrected chi connectivity index (χ3v) is 1.76. The Morgan fingerprint density at radius 1 is 1.23 bits per heavy atom. The van der Waals surface area contributed by atoms with E-state index in [2.05, 4.69) is 0 Å². The molecule has 72 valence electrons. The summed E-state index contributed by atoms with van der Waals surface area (Å²) in [7, 11) is 0. The Bertz CT molecular complexity index is 294. The molecular weight excluding hydrogens is 164 g/mol. The van der Waals surface area contributed by atoms with Crippen molar-refractivity contribution in [3.05, 3.63) is 22.9 Å². The quantitative estimate of drug-likeness (QED) is 0.395. The van der Waals surface area contributed by atoms with Crippen LogP contribution in [0.3, 0.4) is 0 Å². The molecule has 0 bridgehead atoms. The number of Topliss-reactive ketones (excluding diaryl/α,β-unsaturated/α-hetero) is 1. The van der Waals surface area contributed by atoms with E-state index in [1.807, 2.05) is 0 Å². The molecule has 0 aromatic carbocycles. The standard InChI is InChI=1S/C10H16N2O/c1-6(7(2)11)5-10(8(3)12)9(4)13/h5,11H,12H2,1-4H3/b6-5-,10-8-,11-7?. The zero-order valence-corrected chi connectivity index (χ0v) is 8.56. The largest absolute Gasteiger partial charge is 0.402 e. The number of carbonyl (C=O) groups is 1. The van der Waals surface area contributed by atoms with Crippen molar-refractivity contribution in [2.24, 2.45) is 5.73 Å². The van der Waals surface area contributed by atoms with E-state index in [9.17, 15) is 4.79 Å². The summed E-state index contributed by atoms with van der Waals surface area (Å²) < 4.78 is 0. The number of ketones is 1. The first-order chi connectivity index (χ1) is 5.86. The van der Waals surface area contributed by atoms with Gasteiger partial charge in [0.05, 0.1) is 0 Å². The summed E-state index contributed by atoms with van der Waals surface area (Å²) in [5, 5.41) is 7.33. The first-order valence-electron chi connectivity index (χ1n) is 4.07. The third kappa shape index (κ3) is 3.69.